The molecule has 0 bridgehead atoms. The SMILES string of the molecule is CN(Cc1ccco1)C(=O)Cn1nnc(-c2ccc(Cl)cc2)n1. The molecule has 1 aromatic carbocycles. The normalized spacial score (nSPS) is 10.7. The van der Waals surface area contributed by atoms with Gasteiger partial charge in [0.25, 0.3) is 0 Å². The van der Waals surface area contributed by atoms with Gasteiger partial charge in [-0.05, 0) is 41.6 Å². The van der Waals surface area contributed by atoms with Crippen LogP contribution in [0.15, 0.2) is 47.1 Å². The molecule has 3 rings (SSSR count). The summed E-state index contributed by atoms with van der Waals surface area (Å²) in [5, 5.41) is 12.7. The first-order chi connectivity index (χ1) is 11.1. The van der Waals surface area contributed by atoms with Gasteiger partial charge in [-0.15, -0.1) is 10.2 Å². The molecule has 118 valence electrons. The molecule has 0 saturated heterocycles. The summed E-state index contributed by atoms with van der Waals surface area (Å²) in [6, 6.07) is 10.7. The lowest BCUT2D eigenvalue weighted by molar-refractivity contribution is -0.131. The highest BCUT2D eigenvalue weighted by Gasteiger charge is 2.14. The van der Waals surface area contributed by atoms with Gasteiger partial charge in [-0.1, -0.05) is 11.6 Å². The maximum absolute atomic E-state index is 12.2. The first-order valence-electron chi connectivity index (χ1n) is 6.92. The summed E-state index contributed by atoms with van der Waals surface area (Å²) < 4.78 is 5.22. The minimum Gasteiger partial charge on any atom is -0.467 e. The van der Waals surface area contributed by atoms with Gasteiger partial charge < -0.3 is 9.32 Å². The number of carbonyl (C=O) groups excluding carboxylic acids is 1. The monoisotopic (exact) mass is 331 g/mol. The molecule has 0 spiro atoms. The van der Waals surface area contributed by atoms with Crippen LogP contribution in [0.4, 0.5) is 0 Å². The maximum Gasteiger partial charge on any atom is 0.246 e. The fourth-order valence-corrected chi connectivity index (χ4v) is 2.12. The Morgan fingerprint density at radius 3 is 2.78 bits per heavy atom. The van der Waals surface area contributed by atoms with Crippen LogP contribution in [-0.2, 0) is 17.9 Å². The topological polar surface area (TPSA) is 77.0 Å². The van der Waals surface area contributed by atoms with Crippen LogP contribution < -0.4 is 0 Å². The fourth-order valence-electron chi connectivity index (χ4n) is 1.99. The molecule has 0 saturated carbocycles. The molecule has 2 heterocycles. The summed E-state index contributed by atoms with van der Waals surface area (Å²) in [7, 11) is 1.70. The van der Waals surface area contributed by atoms with Crippen LogP contribution in [0.25, 0.3) is 11.4 Å². The smallest absolute Gasteiger partial charge is 0.246 e. The molecule has 1 amide bonds. The predicted molar refractivity (Wildman–Crippen MR) is 83.4 cm³/mol. The van der Waals surface area contributed by atoms with E-state index in [1.807, 2.05) is 6.07 Å². The molecular formula is C15H14ClN5O2. The molecule has 0 fully saturated rings. The first-order valence-corrected chi connectivity index (χ1v) is 7.30. The molecule has 23 heavy (non-hydrogen) atoms. The predicted octanol–water partition coefficient (Wildman–Crippen LogP) is 2.25. The van der Waals surface area contributed by atoms with Crippen molar-refractivity contribution in [2.24, 2.45) is 0 Å². The molecule has 3 aromatic rings. The second-order valence-corrected chi connectivity index (χ2v) is 5.42. The third-order valence-electron chi connectivity index (χ3n) is 3.23. The van der Waals surface area contributed by atoms with E-state index < -0.39 is 0 Å². The van der Waals surface area contributed by atoms with Gasteiger partial charge in [0.2, 0.25) is 11.7 Å². The van der Waals surface area contributed by atoms with E-state index in [1.54, 1.807) is 48.5 Å². The van der Waals surface area contributed by atoms with E-state index in [1.165, 1.54) is 4.80 Å². The van der Waals surface area contributed by atoms with Crippen molar-refractivity contribution < 1.29 is 9.21 Å². The fraction of sp³-hybridized carbons (Fsp3) is 0.200. The Morgan fingerprint density at radius 1 is 1.30 bits per heavy atom. The summed E-state index contributed by atoms with van der Waals surface area (Å²) in [6.07, 6.45) is 1.57. The summed E-state index contributed by atoms with van der Waals surface area (Å²) in [6.45, 7) is 0.405. The third-order valence-corrected chi connectivity index (χ3v) is 3.48. The van der Waals surface area contributed by atoms with E-state index in [0.29, 0.717) is 23.2 Å². The molecule has 0 aliphatic rings. The van der Waals surface area contributed by atoms with E-state index in [0.717, 1.165) is 5.56 Å². The Bertz CT molecular complexity index is 783. The third kappa shape index (κ3) is 3.75. The average molecular weight is 332 g/mol. The molecule has 0 N–H and O–H groups in total. The van der Waals surface area contributed by atoms with Crippen molar-refractivity contribution in [1.82, 2.24) is 25.1 Å². The number of carbonyl (C=O) groups is 1. The second kappa shape index (κ2) is 6.62. The van der Waals surface area contributed by atoms with Gasteiger partial charge in [-0.2, -0.15) is 4.80 Å². The number of halogens is 1. The van der Waals surface area contributed by atoms with Crippen LogP contribution in [0.2, 0.25) is 5.02 Å². The summed E-state index contributed by atoms with van der Waals surface area (Å²) in [5.41, 5.74) is 0.789. The highest BCUT2D eigenvalue weighted by atomic mass is 35.5. The molecule has 2 aromatic heterocycles. The molecule has 0 aliphatic carbocycles. The summed E-state index contributed by atoms with van der Waals surface area (Å²) in [5.74, 6) is 1.03. The average Bonchev–Trinajstić information content (AvgIpc) is 3.20. The molecule has 0 radical (unpaired) electrons. The van der Waals surface area contributed by atoms with Crippen molar-refractivity contribution in [2.45, 2.75) is 13.1 Å². The quantitative estimate of drug-likeness (QED) is 0.716. The van der Waals surface area contributed by atoms with Gasteiger partial charge in [0.15, 0.2) is 0 Å². The Kier molecular flexibility index (Phi) is 4.38. The van der Waals surface area contributed by atoms with Crippen LogP contribution in [0.5, 0.6) is 0 Å². The van der Waals surface area contributed by atoms with E-state index in [9.17, 15) is 4.79 Å². The standard InChI is InChI=1S/C15H14ClN5O2/c1-20(9-13-3-2-8-23-13)14(22)10-21-18-15(17-19-21)11-4-6-12(16)7-5-11/h2-8H,9-10H2,1H3. The van der Waals surface area contributed by atoms with Gasteiger partial charge in [-0.3, -0.25) is 4.79 Å². The van der Waals surface area contributed by atoms with Crippen molar-refractivity contribution in [2.75, 3.05) is 7.05 Å². The van der Waals surface area contributed by atoms with Crippen molar-refractivity contribution in [1.29, 1.82) is 0 Å². The number of furan rings is 1. The zero-order valence-electron chi connectivity index (χ0n) is 12.4. The Balaban J connectivity index is 1.64. The number of nitrogens with zero attached hydrogens (tertiary/aromatic N) is 5. The highest BCUT2D eigenvalue weighted by Crippen LogP contribution is 2.16. The molecule has 7 nitrogen and oxygen atoms in total. The number of amides is 1. The Labute approximate surface area is 137 Å². The highest BCUT2D eigenvalue weighted by molar-refractivity contribution is 6.30. The van der Waals surface area contributed by atoms with Gasteiger partial charge in [-0.25, -0.2) is 0 Å². The zero-order valence-corrected chi connectivity index (χ0v) is 13.1. The van der Waals surface area contributed by atoms with Crippen LogP contribution in [0, 0.1) is 0 Å². The number of likely N-dealkylation sites (N-methyl/N-ethyl adjacent to an activating group) is 1. The van der Waals surface area contributed by atoms with Crippen LogP contribution in [0.3, 0.4) is 0 Å². The van der Waals surface area contributed by atoms with E-state index in [-0.39, 0.29) is 12.5 Å². The largest absolute Gasteiger partial charge is 0.467 e. The van der Waals surface area contributed by atoms with Crippen molar-refractivity contribution in [3.63, 3.8) is 0 Å². The van der Waals surface area contributed by atoms with Crippen molar-refractivity contribution in [3.05, 3.63) is 53.4 Å². The van der Waals surface area contributed by atoms with E-state index in [2.05, 4.69) is 15.4 Å². The van der Waals surface area contributed by atoms with Crippen LogP contribution in [0.1, 0.15) is 5.76 Å². The number of hydrogen-bond acceptors (Lipinski definition) is 5. The molecule has 8 heteroatoms. The first kappa shape index (κ1) is 15.2. The lowest BCUT2D eigenvalue weighted by atomic mass is 10.2. The maximum atomic E-state index is 12.2. The minimum atomic E-state index is -0.138. The number of rotatable bonds is 5. The van der Waals surface area contributed by atoms with Crippen LogP contribution >= 0.6 is 11.6 Å². The molecule has 0 aliphatic heterocycles. The van der Waals surface area contributed by atoms with Crippen LogP contribution in [-0.4, -0.2) is 38.1 Å². The lowest BCUT2D eigenvalue weighted by Gasteiger charge is -2.14. The summed E-state index contributed by atoms with van der Waals surface area (Å²) in [4.78, 5) is 15.0. The van der Waals surface area contributed by atoms with Gasteiger partial charge in [0.1, 0.15) is 12.3 Å². The van der Waals surface area contributed by atoms with E-state index in [4.69, 9.17) is 16.0 Å². The summed E-state index contributed by atoms with van der Waals surface area (Å²) >= 11 is 5.85. The lowest BCUT2D eigenvalue weighted by Crippen LogP contribution is -2.30. The molecular weight excluding hydrogens is 318 g/mol. The number of benzene rings is 1. The zero-order chi connectivity index (χ0) is 16.2. The van der Waals surface area contributed by atoms with Crippen molar-refractivity contribution in [3.8, 4) is 11.4 Å². The Hall–Kier alpha value is -2.67. The molecule has 0 atom stereocenters. The van der Waals surface area contributed by atoms with Gasteiger partial charge in [0.05, 0.1) is 12.8 Å². The van der Waals surface area contributed by atoms with Gasteiger partial charge >= 0.3 is 0 Å². The Morgan fingerprint density at radius 2 is 2.09 bits per heavy atom. The minimum absolute atomic E-state index is 0.0117. The van der Waals surface area contributed by atoms with E-state index >= 15 is 0 Å². The number of tetrazole rings is 1. The van der Waals surface area contributed by atoms with Gasteiger partial charge in [0, 0.05) is 17.6 Å². The number of aromatic nitrogens is 4. The molecule has 0 unspecified atom stereocenters. The number of hydrogen-bond donors (Lipinski definition) is 0. The van der Waals surface area contributed by atoms with Crippen molar-refractivity contribution >= 4 is 17.5 Å². The second-order valence-electron chi connectivity index (χ2n) is 4.98.